The Morgan fingerprint density at radius 2 is 1.85 bits per heavy atom. The molecule has 1 fully saturated rings. The molecule has 0 aromatic heterocycles. The monoisotopic (exact) mass is 295 g/mol. The summed E-state index contributed by atoms with van der Waals surface area (Å²) in [6.45, 7) is 2.29. The smallest absolute Gasteiger partial charge is 0.323 e. The van der Waals surface area contributed by atoms with E-state index in [1.807, 2.05) is 29.2 Å². The van der Waals surface area contributed by atoms with Gasteiger partial charge in [-0.25, -0.2) is 0 Å². The lowest BCUT2D eigenvalue weighted by Crippen LogP contribution is -2.41. The topological polar surface area (TPSA) is 40.5 Å². The third kappa shape index (κ3) is 3.89. The van der Waals surface area contributed by atoms with E-state index in [0.29, 0.717) is 11.1 Å². The van der Waals surface area contributed by atoms with E-state index in [2.05, 4.69) is 6.92 Å². The van der Waals surface area contributed by atoms with Crippen molar-refractivity contribution < 1.29 is 9.90 Å². The van der Waals surface area contributed by atoms with Crippen LogP contribution in [-0.2, 0) is 4.79 Å². The van der Waals surface area contributed by atoms with Crippen molar-refractivity contribution in [3.8, 4) is 0 Å². The summed E-state index contributed by atoms with van der Waals surface area (Å²) < 4.78 is 0. The highest BCUT2D eigenvalue weighted by molar-refractivity contribution is 6.30. The standard InChI is InChI=1S/C16H22ClNO2/c1-2-12-3-7-14(8-4-12)18(11-16(19)20)15-9-5-13(17)6-10-15/h5-6,9-10,12,14H,2-4,7-8,11H2,1H3,(H,19,20). The number of carbonyl (C=O) groups is 1. The van der Waals surface area contributed by atoms with Gasteiger partial charge in [-0.3, -0.25) is 4.79 Å². The molecule has 20 heavy (non-hydrogen) atoms. The Morgan fingerprint density at radius 3 is 2.35 bits per heavy atom. The minimum Gasteiger partial charge on any atom is -0.480 e. The summed E-state index contributed by atoms with van der Waals surface area (Å²) >= 11 is 5.91. The lowest BCUT2D eigenvalue weighted by Gasteiger charge is -2.37. The maximum atomic E-state index is 11.1. The Hall–Kier alpha value is -1.22. The van der Waals surface area contributed by atoms with Gasteiger partial charge in [0.15, 0.2) is 0 Å². The van der Waals surface area contributed by atoms with Gasteiger partial charge in [0.1, 0.15) is 6.54 Å². The van der Waals surface area contributed by atoms with Crippen molar-refractivity contribution >= 4 is 23.3 Å². The first-order valence-corrected chi connectivity index (χ1v) is 7.72. The molecule has 4 heteroatoms. The lowest BCUT2D eigenvalue weighted by atomic mass is 9.84. The highest BCUT2D eigenvalue weighted by Gasteiger charge is 2.26. The molecule has 0 saturated heterocycles. The molecule has 1 saturated carbocycles. The van der Waals surface area contributed by atoms with E-state index in [1.54, 1.807) is 0 Å². The van der Waals surface area contributed by atoms with E-state index >= 15 is 0 Å². The number of aliphatic carboxylic acids is 1. The third-order valence-electron chi connectivity index (χ3n) is 4.30. The molecule has 2 rings (SSSR count). The van der Waals surface area contributed by atoms with Gasteiger partial charge in [-0.2, -0.15) is 0 Å². The molecule has 0 aliphatic heterocycles. The van der Waals surface area contributed by atoms with Crippen LogP contribution in [0.1, 0.15) is 39.0 Å². The second-order valence-electron chi connectivity index (χ2n) is 5.58. The zero-order chi connectivity index (χ0) is 14.5. The van der Waals surface area contributed by atoms with E-state index in [0.717, 1.165) is 24.4 Å². The zero-order valence-corrected chi connectivity index (χ0v) is 12.6. The van der Waals surface area contributed by atoms with Gasteiger partial charge < -0.3 is 10.0 Å². The van der Waals surface area contributed by atoms with Crippen LogP contribution >= 0.6 is 11.6 Å². The van der Waals surface area contributed by atoms with Crippen molar-refractivity contribution in [2.45, 2.75) is 45.1 Å². The van der Waals surface area contributed by atoms with Crippen molar-refractivity contribution in [2.75, 3.05) is 11.4 Å². The number of hydrogen-bond donors (Lipinski definition) is 1. The average Bonchev–Trinajstić information content (AvgIpc) is 2.46. The van der Waals surface area contributed by atoms with Crippen molar-refractivity contribution in [1.82, 2.24) is 0 Å². The van der Waals surface area contributed by atoms with Crippen LogP contribution in [0.15, 0.2) is 24.3 Å². The maximum Gasteiger partial charge on any atom is 0.323 e. The molecule has 0 spiro atoms. The van der Waals surface area contributed by atoms with Crippen molar-refractivity contribution in [3.05, 3.63) is 29.3 Å². The molecule has 1 aromatic rings. The Kier molecular flexibility index (Phi) is 5.30. The summed E-state index contributed by atoms with van der Waals surface area (Å²) in [5.74, 6) is 0.0284. The number of rotatable bonds is 5. The van der Waals surface area contributed by atoms with Crippen molar-refractivity contribution in [2.24, 2.45) is 5.92 Å². The van der Waals surface area contributed by atoms with E-state index in [-0.39, 0.29) is 6.54 Å². The van der Waals surface area contributed by atoms with Crippen LogP contribution in [0.4, 0.5) is 5.69 Å². The van der Waals surface area contributed by atoms with Gasteiger partial charge in [0, 0.05) is 16.8 Å². The molecule has 0 heterocycles. The minimum atomic E-state index is -0.780. The van der Waals surface area contributed by atoms with Crippen LogP contribution in [0.25, 0.3) is 0 Å². The first-order valence-electron chi connectivity index (χ1n) is 7.34. The molecule has 1 aliphatic rings. The predicted octanol–water partition coefficient (Wildman–Crippen LogP) is 4.20. The van der Waals surface area contributed by atoms with Gasteiger partial charge in [0.25, 0.3) is 0 Å². The Morgan fingerprint density at radius 1 is 1.25 bits per heavy atom. The number of nitrogens with zero attached hydrogens (tertiary/aromatic N) is 1. The molecule has 3 nitrogen and oxygen atoms in total. The first kappa shape index (κ1) is 15.2. The van der Waals surface area contributed by atoms with E-state index < -0.39 is 5.97 Å². The van der Waals surface area contributed by atoms with Gasteiger partial charge in [0.2, 0.25) is 0 Å². The highest BCUT2D eigenvalue weighted by Crippen LogP contribution is 2.32. The summed E-state index contributed by atoms with van der Waals surface area (Å²) in [5, 5.41) is 9.84. The molecular formula is C16H22ClNO2. The van der Waals surface area contributed by atoms with E-state index in [4.69, 9.17) is 16.7 Å². The Bertz CT molecular complexity index is 438. The Balaban J connectivity index is 2.11. The molecule has 1 aromatic carbocycles. The average molecular weight is 296 g/mol. The SMILES string of the molecule is CCC1CCC(N(CC(=O)O)c2ccc(Cl)cc2)CC1. The van der Waals surface area contributed by atoms with Gasteiger partial charge in [0.05, 0.1) is 0 Å². The number of hydrogen-bond acceptors (Lipinski definition) is 2. The molecule has 110 valence electrons. The number of carboxylic acids is 1. The Labute approximate surface area is 125 Å². The fraction of sp³-hybridized carbons (Fsp3) is 0.562. The van der Waals surface area contributed by atoms with Crippen LogP contribution in [0, 0.1) is 5.92 Å². The maximum absolute atomic E-state index is 11.1. The highest BCUT2D eigenvalue weighted by atomic mass is 35.5. The molecule has 1 N–H and O–H groups in total. The van der Waals surface area contributed by atoms with Gasteiger partial charge >= 0.3 is 5.97 Å². The number of anilines is 1. The first-order chi connectivity index (χ1) is 9.60. The zero-order valence-electron chi connectivity index (χ0n) is 11.9. The summed E-state index contributed by atoms with van der Waals surface area (Å²) in [6.07, 6.45) is 5.78. The predicted molar refractivity (Wildman–Crippen MR) is 82.5 cm³/mol. The van der Waals surface area contributed by atoms with Crippen LogP contribution in [0.3, 0.4) is 0 Å². The minimum absolute atomic E-state index is 0.0586. The summed E-state index contributed by atoms with van der Waals surface area (Å²) in [5.41, 5.74) is 0.955. The number of benzene rings is 1. The van der Waals surface area contributed by atoms with Gasteiger partial charge in [-0.1, -0.05) is 24.9 Å². The second kappa shape index (κ2) is 6.98. The fourth-order valence-corrected chi connectivity index (χ4v) is 3.20. The largest absolute Gasteiger partial charge is 0.480 e. The molecule has 0 bridgehead atoms. The molecule has 0 unspecified atom stereocenters. The quantitative estimate of drug-likeness (QED) is 0.885. The summed E-state index contributed by atoms with van der Waals surface area (Å²) in [4.78, 5) is 13.2. The molecule has 0 radical (unpaired) electrons. The van der Waals surface area contributed by atoms with E-state index in [9.17, 15) is 4.79 Å². The lowest BCUT2D eigenvalue weighted by molar-refractivity contribution is -0.135. The van der Waals surface area contributed by atoms with Crippen LogP contribution in [-0.4, -0.2) is 23.7 Å². The summed E-state index contributed by atoms with van der Waals surface area (Å²) in [6, 6.07) is 7.80. The van der Waals surface area contributed by atoms with Crippen LogP contribution < -0.4 is 4.90 Å². The van der Waals surface area contributed by atoms with Crippen LogP contribution in [0.5, 0.6) is 0 Å². The molecule has 0 amide bonds. The fourth-order valence-electron chi connectivity index (χ4n) is 3.07. The number of halogens is 1. The summed E-state index contributed by atoms with van der Waals surface area (Å²) in [7, 11) is 0. The van der Waals surface area contributed by atoms with E-state index in [1.165, 1.54) is 19.3 Å². The molecular weight excluding hydrogens is 274 g/mol. The van der Waals surface area contributed by atoms with Crippen LogP contribution in [0.2, 0.25) is 5.02 Å². The van der Waals surface area contributed by atoms with Crippen molar-refractivity contribution in [3.63, 3.8) is 0 Å². The van der Waals surface area contributed by atoms with Gasteiger partial charge in [-0.05, 0) is 55.9 Å². The second-order valence-corrected chi connectivity index (χ2v) is 6.02. The molecule has 0 atom stereocenters. The van der Waals surface area contributed by atoms with Crippen molar-refractivity contribution in [1.29, 1.82) is 0 Å². The number of carboxylic acid groups (broad SMARTS) is 1. The third-order valence-corrected chi connectivity index (χ3v) is 4.55. The van der Waals surface area contributed by atoms with Gasteiger partial charge in [-0.15, -0.1) is 0 Å². The molecule has 1 aliphatic carbocycles. The normalized spacial score (nSPS) is 22.5.